The number of hydrogen-bond donors (Lipinski definition) is 1. The number of anilines is 1. The highest BCUT2D eigenvalue weighted by Gasteiger charge is 2.12. The van der Waals surface area contributed by atoms with Crippen LogP contribution in [0.2, 0.25) is 5.02 Å². The first kappa shape index (κ1) is 17.3. The van der Waals surface area contributed by atoms with Crippen molar-refractivity contribution in [1.29, 1.82) is 0 Å². The molecule has 0 aliphatic rings. The molecule has 4 rings (SSSR count). The fraction of sp³-hybridized carbons (Fsp3) is 0. The summed E-state index contributed by atoms with van der Waals surface area (Å²) in [6, 6.07) is 16.0. The van der Waals surface area contributed by atoms with Gasteiger partial charge in [0.2, 0.25) is 0 Å². The normalized spacial score (nSPS) is 10.7. The lowest BCUT2D eigenvalue weighted by Crippen LogP contribution is -2.10. The highest BCUT2D eigenvalue weighted by Crippen LogP contribution is 2.30. The van der Waals surface area contributed by atoms with Crippen LogP contribution in [0.4, 0.5) is 5.69 Å². The number of carbonyl (C=O) groups is 2. The van der Waals surface area contributed by atoms with E-state index in [2.05, 4.69) is 15.3 Å². The Hall–Kier alpha value is -3.09. The van der Waals surface area contributed by atoms with Gasteiger partial charge in [-0.05, 0) is 42.5 Å². The summed E-state index contributed by atoms with van der Waals surface area (Å²) in [5.41, 5.74) is 3.43. The van der Waals surface area contributed by atoms with Crippen molar-refractivity contribution in [2.75, 3.05) is 5.32 Å². The molecule has 27 heavy (non-hydrogen) atoms. The van der Waals surface area contributed by atoms with Gasteiger partial charge in [0.05, 0.1) is 37.7 Å². The second-order valence-electron chi connectivity index (χ2n) is 5.71. The SMILES string of the molecule is O=Cc1ccc(C(=O)Nc2ccc(Cl)c(-c3cnc4ccccc4n3)c2)s1. The van der Waals surface area contributed by atoms with E-state index in [0.29, 0.717) is 31.7 Å². The standard InChI is InChI=1S/C20H12ClN3O2S/c21-15-7-5-12(23-20(26)19-8-6-13(11-25)27-19)9-14(15)18-10-22-16-3-1-2-4-17(16)24-18/h1-11H,(H,23,26). The Bertz CT molecular complexity index is 1170. The van der Waals surface area contributed by atoms with Gasteiger partial charge in [-0.15, -0.1) is 11.3 Å². The summed E-state index contributed by atoms with van der Waals surface area (Å²) >= 11 is 7.48. The topological polar surface area (TPSA) is 72.0 Å². The molecule has 2 aromatic heterocycles. The lowest BCUT2D eigenvalue weighted by molar-refractivity contribution is 0.103. The lowest BCUT2D eigenvalue weighted by Gasteiger charge is -2.09. The maximum atomic E-state index is 12.4. The molecule has 0 unspecified atom stereocenters. The second kappa shape index (κ2) is 7.26. The largest absolute Gasteiger partial charge is 0.321 e. The van der Waals surface area contributed by atoms with E-state index in [-0.39, 0.29) is 5.91 Å². The number of aromatic nitrogens is 2. The maximum absolute atomic E-state index is 12.4. The highest BCUT2D eigenvalue weighted by atomic mass is 35.5. The predicted molar refractivity (Wildman–Crippen MR) is 108 cm³/mol. The minimum atomic E-state index is -0.286. The molecule has 1 amide bonds. The van der Waals surface area contributed by atoms with Gasteiger partial charge in [-0.25, -0.2) is 4.98 Å². The van der Waals surface area contributed by atoms with Gasteiger partial charge in [-0.3, -0.25) is 14.6 Å². The summed E-state index contributed by atoms with van der Waals surface area (Å²) in [7, 11) is 0. The number of aldehydes is 1. The van der Waals surface area contributed by atoms with E-state index >= 15 is 0 Å². The van der Waals surface area contributed by atoms with Crippen LogP contribution in [0.5, 0.6) is 0 Å². The van der Waals surface area contributed by atoms with Gasteiger partial charge in [-0.1, -0.05) is 23.7 Å². The molecule has 132 valence electrons. The van der Waals surface area contributed by atoms with E-state index < -0.39 is 0 Å². The average Bonchev–Trinajstić information content (AvgIpc) is 3.18. The Balaban J connectivity index is 1.66. The molecular formula is C20H12ClN3O2S. The zero-order valence-electron chi connectivity index (χ0n) is 13.8. The number of thiophene rings is 1. The van der Waals surface area contributed by atoms with E-state index in [1.54, 1.807) is 36.5 Å². The van der Waals surface area contributed by atoms with Gasteiger partial charge in [0.25, 0.3) is 5.91 Å². The minimum Gasteiger partial charge on any atom is -0.321 e. The molecule has 4 aromatic rings. The molecule has 0 saturated carbocycles. The molecular weight excluding hydrogens is 382 g/mol. The molecule has 2 heterocycles. The van der Waals surface area contributed by atoms with Gasteiger partial charge >= 0.3 is 0 Å². The number of para-hydroxylation sites is 2. The monoisotopic (exact) mass is 393 g/mol. The molecule has 5 nitrogen and oxygen atoms in total. The van der Waals surface area contributed by atoms with Crippen molar-refractivity contribution in [2.24, 2.45) is 0 Å². The first-order valence-electron chi connectivity index (χ1n) is 8.02. The van der Waals surface area contributed by atoms with E-state index in [1.165, 1.54) is 0 Å². The van der Waals surface area contributed by atoms with Crippen molar-refractivity contribution < 1.29 is 9.59 Å². The highest BCUT2D eigenvalue weighted by molar-refractivity contribution is 7.15. The Labute approximate surface area is 163 Å². The maximum Gasteiger partial charge on any atom is 0.265 e. The first-order chi connectivity index (χ1) is 13.1. The molecule has 2 aromatic carbocycles. The summed E-state index contributed by atoms with van der Waals surface area (Å²) in [5.74, 6) is -0.286. The molecule has 0 radical (unpaired) electrons. The van der Waals surface area contributed by atoms with Crippen molar-refractivity contribution in [3.63, 3.8) is 0 Å². The van der Waals surface area contributed by atoms with Crippen molar-refractivity contribution in [3.05, 3.63) is 75.6 Å². The smallest absolute Gasteiger partial charge is 0.265 e. The van der Waals surface area contributed by atoms with Crippen molar-refractivity contribution >= 4 is 51.9 Å². The van der Waals surface area contributed by atoms with Crippen LogP contribution in [0.3, 0.4) is 0 Å². The van der Waals surface area contributed by atoms with Crippen molar-refractivity contribution in [2.45, 2.75) is 0 Å². The van der Waals surface area contributed by atoms with Gasteiger partial charge in [0.15, 0.2) is 6.29 Å². The van der Waals surface area contributed by atoms with Crippen LogP contribution in [0.1, 0.15) is 19.3 Å². The molecule has 0 saturated heterocycles. The van der Waals surface area contributed by atoms with Crippen molar-refractivity contribution in [3.8, 4) is 11.3 Å². The zero-order valence-corrected chi connectivity index (χ0v) is 15.4. The van der Waals surface area contributed by atoms with Gasteiger partial charge in [-0.2, -0.15) is 0 Å². The Kier molecular flexibility index (Phi) is 4.66. The average molecular weight is 394 g/mol. The Morgan fingerprint density at radius 1 is 1.07 bits per heavy atom. The quantitative estimate of drug-likeness (QED) is 0.491. The number of amides is 1. The number of halogens is 1. The number of nitrogens with zero attached hydrogens (tertiary/aromatic N) is 2. The predicted octanol–water partition coefficient (Wildman–Crippen LogP) is 5.08. The molecule has 0 spiro atoms. The van der Waals surface area contributed by atoms with E-state index in [9.17, 15) is 9.59 Å². The van der Waals surface area contributed by atoms with Crippen LogP contribution >= 0.6 is 22.9 Å². The summed E-state index contributed by atoms with van der Waals surface area (Å²) in [5, 5.41) is 3.33. The molecule has 1 N–H and O–H groups in total. The Morgan fingerprint density at radius 3 is 2.67 bits per heavy atom. The van der Waals surface area contributed by atoms with E-state index in [1.807, 2.05) is 24.3 Å². The fourth-order valence-corrected chi connectivity index (χ4v) is 3.55. The van der Waals surface area contributed by atoms with Crippen LogP contribution in [-0.2, 0) is 0 Å². The third-order valence-electron chi connectivity index (χ3n) is 3.92. The molecule has 0 atom stereocenters. The summed E-state index contributed by atoms with van der Waals surface area (Å²) < 4.78 is 0. The van der Waals surface area contributed by atoms with Crippen LogP contribution in [0, 0.1) is 0 Å². The number of fused-ring (bicyclic) bond motifs is 1. The molecule has 0 fully saturated rings. The first-order valence-corrected chi connectivity index (χ1v) is 9.21. The number of nitrogens with one attached hydrogen (secondary N) is 1. The number of carbonyl (C=O) groups excluding carboxylic acids is 2. The van der Waals surface area contributed by atoms with Crippen LogP contribution in [0.15, 0.2) is 60.8 Å². The molecule has 7 heteroatoms. The van der Waals surface area contributed by atoms with E-state index in [4.69, 9.17) is 11.6 Å². The second-order valence-corrected chi connectivity index (χ2v) is 7.24. The number of rotatable bonds is 4. The summed E-state index contributed by atoms with van der Waals surface area (Å²) in [6.07, 6.45) is 2.38. The summed E-state index contributed by atoms with van der Waals surface area (Å²) in [4.78, 5) is 33.1. The zero-order chi connectivity index (χ0) is 18.8. The van der Waals surface area contributed by atoms with Gasteiger partial charge in [0.1, 0.15) is 0 Å². The number of benzene rings is 2. The van der Waals surface area contributed by atoms with Crippen molar-refractivity contribution in [1.82, 2.24) is 9.97 Å². The van der Waals surface area contributed by atoms with E-state index in [0.717, 1.165) is 28.7 Å². The van der Waals surface area contributed by atoms with Gasteiger partial charge < -0.3 is 5.32 Å². The third-order valence-corrected chi connectivity index (χ3v) is 5.25. The third kappa shape index (κ3) is 3.58. The minimum absolute atomic E-state index is 0.286. The number of hydrogen-bond acceptors (Lipinski definition) is 5. The molecule has 0 aliphatic heterocycles. The van der Waals surface area contributed by atoms with Crippen LogP contribution in [0.25, 0.3) is 22.3 Å². The Morgan fingerprint density at radius 2 is 1.89 bits per heavy atom. The van der Waals surface area contributed by atoms with Crippen LogP contribution in [-0.4, -0.2) is 22.2 Å². The van der Waals surface area contributed by atoms with Crippen LogP contribution < -0.4 is 5.32 Å². The lowest BCUT2D eigenvalue weighted by atomic mass is 10.1. The molecule has 0 bridgehead atoms. The summed E-state index contributed by atoms with van der Waals surface area (Å²) in [6.45, 7) is 0. The molecule has 0 aliphatic carbocycles. The van der Waals surface area contributed by atoms with Gasteiger partial charge in [0, 0.05) is 11.3 Å². The fourth-order valence-electron chi connectivity index (χ4n) is 2.62.